The molecule has 0 bridgehead atoms. The van der Waals surface area contributed by atoms with Crippen LogP contribution in [0.25, 0.3) is 16.7 Å². The summed E-state index contributed by atoms with van der Waals surface area (Å²) in [5.74, 6) is 0.659. The zero-order valence-corrected chi connectivity index (χ0v) is 18.9. The second-order valence-electron chi connectivity index (χ2n) is 7.21. The van der Waals surface area contributed by atoms with Gasteiger partial charge in [-0.2, -0.15) is 5.10 Å². The van der Waals surface area contributed by atoms with E-state index in [1.54, 1.807) is 11.7 Å². The second-order valence-corrected chi connectivity index (χ2v) is 8.16. The van der Waals surface area contributed by atoms with Crippen LogP contribution in [0.15, 0.2) is 53.7 Å². The standard InChI is InChI=1S/C23H24N6O2S/c1-4-15-8-10-16(11-9-15)25-19(30)13-32-23-26-22-20(14(2)27-28-22)21(24)29(23)17-6-5-7-18(12-17)31-3/h5-12,24H,4,13H2,1-3H3,(H,25,30)(H,27,28). The summed E-state index contributed by atoms with van der Waals surface area (Å²) in [5, 5.41) is 20.0. The summed E-state index contributed by atoms with van der Waals surface area (Å²) < 4.78 is 7.06. The number of fused-ring (bicyclic) bond motifs is 1. The normalized spacial score (nSPS) is 11.0. The van der Waals surface area contributed by atoms with E-state index in [-0.39, 0.29) is 17.1 Å². The van der Waals surface area contributed by atoms with Gasteiger partial charge < -0.3 is 10.1 Å². The van der Waals surface area contributed by atoms with Crippen LogP contribution in [0.2, 0.25) is 0 Å². The fourth-order valence-electron chi connectivity index (χ4n) is 3.37. The third kappa shape index (κ3) is 4.38. The molecule has 2 aromatic carbocycles. The first-order valence-electron chi connectivity index (χ1n) is 10.2. The molecule has 0 spiro atoms. The number of carbonyl (C=O) groups excluding carboxylic acids is 1. The van der Waals surface area contributed by atoms with Crippen molar-refractivity contribution >= 4 is 34.4 Å². The van der Waals surface area contributed by atoms with Crippen molar-refractivity contribution in [2.45, 2.75) is 25.4 Å². The van der Waals surface area contributed by atoms with E-state index in [9.17, 15) is 4.79 Å². The Labute approximate surface area is 189 Å². The van der Waals surface area contributed by atoms with E-state index in [0.29, 0.717) is 21.9 Å². The average Bonchev–Trinajstić information content (AvgIpc) is 3.19. The number of rotatable bonds is 7. The maximum atomic E-state index is 12.6. The number of aryl methyl sites for hydroxylation is 2. The second kappa shape index (κ2) is 9.27. The van der Waals surface area contributed by atoms with Crippen LogP contribution in [0.5, 0.6) is 5.75 Å². The highest BCUT2D eigenvalue weighted by molar-refractivity contribution is 7.99. The van der Waals surface area contributed by atoms with E-state index in [1.807, 2.05) is 55.5 Å². The summed E-state index contributed by atoms with van der Waals surface area (Å²) in [4.78, 5) is 17.2. The molecule has 0 atom stereocenters. The van der Waals surface area contributed by atoms with Crippen LogP contribution in [-0.4, -0.2) is 38.5 Å². The predicted octanol–water partition coefficient (Wildman–Crippen LogP) is 3.84. The highest BCUT2D eigenvalue weighted by atomic mass is 32.2. The molecule has 0 saturated heterocycles. The van der Waals surface area contributed by atoms with Crippen molar-refractivity contribution in [3.8, 4) is 11.4 Å². The minimum atomic E-state index is -0.150. The lowest BCUT2D eigenvalue weighted by molar-refractivity contribution is -0.113. The van der Waals surface area contributed by atoms with Gasteiger partial charge in [-0.3, -0.25) is 19.9 Å². The number of hydrogen-bond acceptors (Lipinski definition) is 6. The number of carbonyl (C=O) groups is 1. The number of nitrogens with one attached hydrogen (secondary N) is 3. The van der Waals surface area contributed by atoms with Crippen LogP contribution in [-0.2, 0) is 11.2 Å². The molecule has 32 heavy (non-hydrogen) atoms. The van der Waals surface area contributed by atoms with Crippen molar-refractivity contribution in [3.63, 3.8) is 0 Å². The summed E-state index contributed by atoms with van der Waals surface area (Å²) >= 11 is 1.25. The SMILES string of the molecule is CCc1ccc(NC(=O)CSc2nc3n[nH]c(C)c3c(=N)n2-c2cccc(OC)c2)cc1. The number of ether oxygens (including phenoxy) is 1. The molecule has 2 heterocycles. The lowest BCUT2D eigenvalue weighted by atomic mass is 10.1. The minimum absolute atomic E-state index is 0.140. The Morgan fingerprint density at radius 3 is 2.75 bits per heavy atom. The van der Waals surface area contributed by atoms with E-state index < -0.39 is 0 Å². The summed E-state index contributed by atoms with van der Waals surface area (Å²) in [6.07, 6.45) is 0.949. The summed E-state index contributed by atoms with van der Waals surface area (Å²) in [6.45, 7) is 3.95. The molecular formula is C23H24N6O2S. The smallest absolute Gasteiger partial charge is 0.234 e. The molecule has 8 nitrogen and oxygen atoms in total. The van der Waals surface area contributed by atoms with Crippen LogP contribution >= 0.6 is 11.8 Å². The van der Waals surface area contributed by atoms with E-state index in [4.69, 9.17) is 10.1 Å². The average molecular weight is 449 g/mol. The first-order chi connectivity index (χ1) is 15.5. The molecule has 1 amide bonds. The van der Waals surface area contributed by atoms with Gasteiger partial charge in [-0.15, -0.1) is 0 Å². The number of amides is 1. The number of H-pyrrole nitrogens is 1. The van der Waals surface area contributed by atoms with E-state index in [2.05, 4.69) is 27.4 Å². The first-order valence-corrected chi connectivity index (χ1v) is 11.2. The van der Waals surface area contributed by atoms with Gasteiger partial charge in [0, 0.05) is 17.4 Å². The molecule has 0 fully saturated rings. The van der Waals surface area contributed by atoms with Crippen molar-refractivity contribution in [2.24, 2.45) is 0 Å². The lowest BCUT2D eigenvalue weighted by Crippen LogP contribution is -2.23. The fraction of sp³-hybridized carbons (Fsp3) is 0.217. The summed E-state index contributed by atoms with van der Waals surface area (Å²) in [5.41, 5.74) is 4.14. The molecular weight excluding hydrogens is 424 g/mol. The van der Waals surface area contributed by atoms with E-state index >= 15 is 0 Å². The molecule has 0 aliphatic rings. The Morgan fingerprint density at radius 1 is 1.25 bits per heavy atom. The fourth-order valence-corrected chi connectivity index (χ4v) is 4.17. The Morgan fingerprint density at radius 2 is 2.03 bits per heavy atom. The Balaban J connectivity index is 1.65. The monoisotopic (exact) mass is 448 g/mol. The van der Waals surface area contributed by atoms with Crippen LogP contribution in [0.1, 0.15) is 18.2 Å². The number of thioether (sulfide) groups is 1. The lowest BCUT2D eigenvalue weighted by Gasteiger charge is -2.14. The largest absolute Gasteiger partial charge is 0.497 e. The minimum Gasteiger partial charge on any atom is -0.497 e. The number of benzene rings is 2. The Kier molecular flexibility index (Phi) is 6.27. The highest BCUT2D eigenvalue weighted by Crippen LogP contribution is 2.24. The number of hydrogen-bond donors (Lipinski definition) is 3. The predicted molar refractivity (Wildman–Crippen MR) is 126 cm³/mol. The Bertz CT molecular complexity index is 1330. The van der Waals surface area contributed by atoms with Gasteiger partial charge in [-0.1, -0.05) is 36.9 Å². The van der Waals surface area contributed by atoms with Crippen LogP contribution < -0.4 is 15.5 Å². The third-order valence-corrected chi connectivity index (χ3v) is 6.01. The summed E-state index contributed by atoms with van der Waals surface area (Å²) in [6, 6.07) is 15.2. The maximum absolute atomic E-state index is 12.6. The first kappa shape index (κ1) is 21.6. The molecule has 0 aliphatic carbocycles. The van der Waals surface area contributed by atoms with Crippen LogP contribution in [0.4, 0.5) is 5.69 Å². The van der Waals surface area contributed by atoms with E-state index in [0.717, 1.165) is 23.5 Å². The zero-order valence-electron chi connectivity index (χ0n) is 18.1. The molecule has 0 aliphatic heterocycles. The highest BCUT2D eigenvalue weighted by Gasteiger charge is 2.16. The third-order valence-electron chi connectivity index (χ3n) is 5.07. The van der Waals surface area contributed by atoms with Gasteiger partial charge >= 0.3 is 0 Å². The molecule has 9 heteroatoms. The van der Waals surface area contributed by atoms with Gasteiger partial charge in [0.2, 0.25) is 5.91 Å². The van der Waals surface area contributed by atoms with Gasteiger partial charge in [0.15, 0.2) is 10.8 Å². The Hall–Kier alpha value is -3.59. The van der Waals surface area contributed by atoms with Gasteiger partial charge in [0.05, 0.1) is 23.9 Å². The molecule has 0 radical (unpaired) electrons. The summed E-state index contributed by atoms with van der Waals surface area (Å²) in [7, 11) is 1.60. The molecule has 0 unspecified atom stereocenters. The number of methoxy groups -OCH3 is 1. The zero-order chi connectivity index (χ0) is 22.7. The quantitative estimate of drug-likeness (QED) is 0.294. The number of nitrogens with zero attached hydrogens (tertiary/aromatic N) is 3. The molecule has 2 aromatic heterocycles. The van der Waals surface area contributed by atoms with Crippen molar-refractivity contribution in [1.82, 2.24) is 19.7 Å². The molecule has 3 N–H and O–H groups in total. The van der Waals surface area contributed by atoms with Crippen molar-refractivity contribution < 1.29 is 9.53 Å². The molecule has 4 rings (SSSR count). The van der Waals surface area contributed by atoms with Crippen LogP contribution in [0.3, 0.4) is 0 Å². The maximum Gasteiger partial charge on any atom is 0.234 e. The molecule has 4 aromatic rings. The topological polar surface area (TPSA) is 109 Å². The van der Waals surface area contributed by atoms with Crippen molar-refractivity contribution in [1.29, 1.82) is 5.41 Å². The van der Waals surface area contributed by atoms with Gasteiger partial charge in [-0.25, -0.2) is 4.98 Å². The van der Waals surface area contributed by atoms with E-state index in [1.165, 1.54) is 17.3 Å². The van der Waals surface area contributed by atoms with Crippen molar-refractivity contribution in [2.75, 3.05) is 18.2 Å². The molecule has 0 saturated carbocycles. The number of aromatic amines is 1. The number of aromatic nitrogens is 4. The van der Waals surface area contributed by atoms with Gasteiger partial charge in [-0.05, 0) is 43.2 Å². The molecule has 164 valence electrons. The van der Waals surface area contributed by atoms with Gasteiger partial charge in [0.1, 0.15) is 11.2 Å². The van der Waals surface area contributed by atoms with Crippen LogP contribution in [0, 0.1) is 12.3 Å². The number of anilines is 1. The van der Waals surface area contributed by atoms with Crippen molar-refractivity contribution in [3.05, 3.63) is 65.3 Å². The van der Waals surface area contributed by atoms with Gasteiger partial charge in [0.25, 0.3) is 0 Å².